The molecule has 13 heavy (non-hydrogen) atoms. The molecule has 3 nitrogen and oxygen atoms in total. The molecule has 0 saturated heterocycles. The zero-order valence-electron chi connectivity index (χ0n) is 7.57. The molecule has 0 unspecified atom stereocenters. The molecular weight excluding hydrogens is 162 g/mol. The van der Waals surface area contributed by atoms with Crippen LogP contribution < -0.4 is 0 Å². The summed E-state index contributed by atoms with van der Waals surface area (Å²) in [5.74, 6) is 0.722. The number of aryl methyl sites for hydroxylation is 1. The minimum absolute atomic E-state index is 0.722. The first-order valence-electron chi connectivity index (χ1n) is 4.65. The number of fused-ring (bicyclic) bond motifs is 1. The van der Waals surface area contributed by atoms with Gasteiger partial charge in [0.25, 0.3) is 0 Å². The van der Waals surface area contributed by atoms with Crippen molar-refractivity contribution in [3.63, 3.8) is 0 Å². The third kappa shape index (κ3) is 1.03. The molecule has 0 aliphatic heterocycles. The summed E-state index contributed by atoms with van der Waals surface area (Å²) in [5.41, 5.74) is 3.43. The Kier molecular flexibility index (Phi) is 1.26. The van der Waals surface area contributed by atoms with Crippen LogP contribution >= 0.6 is 0 Å². The first-order chi connectivity index (χ1) is 6.34. The van der Waals surface area contributed by atoms with Crippen molar-refractivity contribution < 1.29 is 0 Å². The lowest BCUT2D eigenvalue weighted by molar-refractivity contribution is 0.879. The van der Waals surface area contributed by atoms with Crippen molar-refractivity contribution in [2.24, 2.45) is 0 Å². The molecule has 2 aromatic heterocycles. The van der Waals surface area contributed by atoms with E-state index in [1.165, 1.54) is 18.5 Å². The zero-order valence-corrected chi connectivity index (χ0v) is 7.57. The summed E-state index contributed by atoms with van der Waals surface area (Å²) in [6.45, 7) is 2.02. The smallest absolute Gasteiger partial charge is 0.0877 e. The third-order valence-electron chi connectivity index (χ3n) is 2.60. The Morgan fingerprint density at radius 1 is 1.46 bits per heavy atom. The Bertz CT molecular complexity index is 454. The molecule has 2 heterocycles. The zero-order chi connectivity index (χ0) is 8.84. The molecule has 1 fully saturated rings. The summed E-state index contributed by atoms with van der Waals surface area (Å²) in [7, 11) is 0. The van der Waals surface area contributed by atoms with E-state index in [0.29, 0.717) is 0 Å². The van der Waals surface area contributed by atoms with Gasteiger partial charge in [-0.05, 0) is 25.8 Å². The monoisotopic (exact) mass is 173 g/mol. The molecule has 1 aliphatic carbocycles. The van der Waals surface area contributed by atoms with Gasteiger partial charge in [-0.15, -0.1) is 0 Å². The minimum atomic E-state index is 0.722. The van der Waals surface area contributed by atoms with Gasteiger partial charge < -0.3 is 0 Å². The molecule has 0 N–H and O–H groups in total. The van der Waals surface area contributed by atoms with E-state index in [-0.39, 0.29) is 0 Å². The van der Waals surface area contributed by atoms with E-state index in [1.54, 1.807) is 6.20 Å². The van der Waals surface area contributed by atoms with Crippen molar-refractivity contribution in [1.82, 2.24) is 14.6 Å². The van der Waals surface area contributed by atoms with Crippen molar-refractivity contribution in [1.29, 1.82) is 0 Å². The van der Waals surface area contributed by atoms with Crippen LogP contribution in [0.25, 0.3) is 5.52 Å². The summed E-state index contributed by atoms with van der Waals surface area (Å²) >= 11 is 0. The Morgan fingerprint density at radius 2 is 2.31 bits per heavy atom. The highest BCUT2D eigenvalue weighted by molar-refractivity contribution is 5.52. The van der Waals surface area contributed by atoms with E-state index >= 15 is 0 Å². The van der Waals surface area contributed by atoms with Crippen LogP contribution in [0.1, 0.15) is 30.1 Å². The van der Waals surface area contributed by atoms with Crippen LogP contribution in [0.15, 0.2) is 18.5 Å². The van der Waals surface area contributed by atoms with E-state index in [1.807, 2.05) is 17.6 Å². The summed E-state index contributed by atoms with van der Waals surface area (Å²) in [5, 5.41) is 4.51. The van der Waals surface area contributed by atoms with E-state index < -0.39 is 0 Å². The normalized spacial score (nSPS) is 16.7. The van der Waals surface area contributed by atoms with Gasteiger partial charge in [-0.2, -0.15) is 5.10 Å². The molecule has 66 valence electrons. The highest BCUT2D eigenvalue weighted by Gasteiger charge is 2.26. The summed E-state index contributed by atoms with van der Waals surface area (Å²) < 4.78 is 1.93. The Morgan fingerprint density at radius 3 is 3.00 bits per heavy atom. The molecule has 0 atom stereocenters. The Labute approximate surface area is 76.4 Å². The molecule has 3 rings (SSSR count). The van der Waals surface area contributed by atoms with Crippen LogP contribution in [0.4, 0.5) is 0 Å². The molecular formula is C10H11N3. The second kappa shape index (κ2) is 2.31. The maximum absolute atomic E-state index is 4.51. The number of hydrogen-bond acceptors (Lipinski definition) is 2. The van der Waals surface area contributed by atoms with Gasteiger partial charge in [0.2, 0.25) is 0 Å². The summed E-state index contributed by atoms with van der Waals surface area (Å²) in [6.07, 6.45) is 6.31. The average molecular weight is 173 g/mol. The molecule has 2 aromatic rings. The topological polar surface area (TPSA) is 30.2 Å². The molecule has 1 saturated carbocycles. The van der Waals surface area contributed by atoms with Gasteiger partial charge in [-0.3, -0.25) is 4.98 Å². The largest absolute Gasteiger partial charge is 0.258 e. The van der Waals surface area contributed by atoms with Gasteiger partial charge >= 0.3 is 0 Å². The van der Waals surface area contributed by atoms with Crippen LogP contribution in [0, 0.1) is 6.92 Å². The van der Waals surface area contributed by atoms with Crippen LogP contribution in [0.5, 0.6) is 0 Å². The second-order valence-corrected chi connectivity index (χ2v) is 3.69. The van der Waals surface area contributed by atoms with Gasteiger partial charge in [0.1, 0.15) is 0 Å². The molecule has 0 radical (unpaired) electrons. The second-order valence-electron chi connectivity index (χ2n) is 3.69. The van der Waals surface area contributed by atoms with Gasteiger partial charge in [0, 0.05) is 18.3 Å². The van der Waals surface area contributed by atoms with Crippen molar-refractivity contribution >= 4 is 5.52 Å². The average Bonchev–Trinajstić information content (AvgIpc) is 2.87. The van der Waals surface area contributed by atoms with Crippen LogP contribution in [0.2, 0.25) is 0 Å². The Hall–Kier alpha value is -1.38. The maximum Gasteiger partial charge on any atom is 0.0877 e. The lowest BCUT2D eigenvalue weighted by Gasteiger charge is -1.93. The maximum atomic E-state index is 4.51. The summed E-state index contributed by atoms with van der Waals surface area (Å²) in [6, 6.07) is 2.17. The molecule has 0 amide bonds. The molecule has 0 bridgehead atoms. The fourth-order valence-electron chi connectivity index (χ4n) is 1.65. The van der Waals surface area contributed by atoms with Gasteiger partial charge in [0.05, 0.1) is 16.9 Å². The highest BCUT2D eigenvalue weighted by Crippen LogP contribution is 2.39. The van der Waals surface area contributed by atoms with Gasteiger partial charge in [0.15, 0.2) is 0 Å². The first-order valence-corrected chi connectivity index (χ1v) is 4.65. The van der Waals surface area contributed by atoms with E-state index in [0.717, 1.165) is 17.1 Å². The van der Waals surface area contributed by atoms with Crippen molar-refractivity contribution in [3.05, 3.63) is 29.8 Å². The number of rotatable bonds is 1. The van der Waals surface area contributed by atoms with Crippen LogP contribution in [0.3, 0.4) is 0 Å². The quantitative estimate of drug-likeness (QED) is 0.659. The molecule has 0 aromatic carbocycles. The van der Waals surface area contributed by atoms with E-state index in [9.17, 15) is 0 Å². The number of hydrogen-bond donors (Lipinski definition) is 0. The fourth-order valence-corrected chi connectivity index (χ4v) is 1.65. The lowest BCUT2D eigenvalue weighted by atomic mass is 10.3. The standard InChI is InChI=1S/C10H11N3/c1-7-10-6-9(8-2-3-8)12-13(10)5-4-11-7/h4-6,8H,2-3H2,1H3. The highest BCUT2D eigenvalue weighted by atomic mass is 15.2. The minimum Gasteiger partial charge on any atom is -0.258 e. The van der Waals surface area contributed by atoms with Gasteiger partial charge in [-0.1, -0.05) is 0 Å². The fraction of sp³-hybridized carbons (Fsp3) is 0.400. The van der Waals surface area contributed by atoms with Crippen molar-refractivity contribution in [2.75, 3.05) is 0 Å². The van der Waals surface area contributed by atoms with Gasteiger partial charge in [-0.25, -0.2) is 4.52 Å². The molecule has 3 heteroatoms. The summed E-state index contributed by atoms with van der Waals surface area (Å²) in [4.78, 5) is 4.24. The molecule has 1 aliphatic rings. The van der Waals surface area contributed by atoms with E-state index in [2.05, 4.69) is 16.1 Å². The third-order valence-corrected chi connectivity index (χ3v) is 2.60. The van der Waals surface area contributed by atoms with Crippen molar-refractivity contribution in [3.8, 4) is 0 Å². The Balaban J connectivity index is 2.26. The number of nitrogens with zero attached hydrogens (tertiary/aromatic N) is 3. The SMILES string of the molecule is Cc1nccn2nc(C3CC3)cc12. The lowest BCUT2D eigenvalue weighted by Crippen LogP contribution is -1.90. The van der Waals surface area contributed by atoms with Crippen LogP contribution in [-0.2, 0) is 0 Å². The van der Waals surface area contributed by atoms with E-state index in [4.69, 9.17) is 0 Å². The van der Waals surface area contributed by atoms with Crippen LogP contribution in [-0.4, -0.2) is 14.6 Å². The predicted octanol–water partition coefficient (Wildman–Crippen LogP) is 1.92. The van der Waals surface area contributed by atoms with Crippen molar-refractivity contribution in [2.45, 2.75) is 25.7 Å². The predicted molar refractivity (Wildman–Crippen MR) is 49.7 cm³/mol. The number of aromatic nitrogens is 3. The first kappa shape index (κ1) is 7.06. The molecule has 0 spiro atoms.